The van der Waals surface area contributed by atoms with E-state index in [1.54, 1.807) is 0 Å². The minimum atomic E-state index is 0.303. The van der Waals surface area contributed by atoms with Gasteiger partial charge in [0.15, 0.2) is 0 Å². The van der Waals surface area contributed by atoms with E-state index in [9.17, 15) is 4.79 Å². The number of rotatable bonds is 17. The van der Waals surface area contributed by atoms with E-state index < -0.39 is 0 Å². The highest BCUT2D eigenvalue weighted by atomic mass is 16.5. The van der Waals surface area contributed by atoms with Gasteiger partial charge in [-0.3, -0.25) is 4.79 Å². The topological polar surface area (TPSA) is 46.5 Å². The molecule has 3 heteroatoms. The molecular weight excluding hydrogens is 312 g/mol. The lowest BCUT2D eigenvalue weighted by Gasteiger charge is -2.05. The molecule has 0 aliphatic rings. The van der Waals surface area contributed by atoms with Crippen LogP contribution in [0.4, 0.5) is 0 Å². The van der Waals surface area contributed by atoms with Gasteiger partial charge < -0.3 is 9.84 Å². The highest BCUT2D eigenvalue weighted by Gasteiger charge is 2.02. The Hall–Kier alpha value is -1.19. The van der Waals surface area contributed by atoms with E-state index in [1.165, 1.54) is 18.4 Å². The highest BCUT2D eigenvalue weighted by molar-refractivity contribution is 5.78. The van der Waals surface area contributed by atoms with E-state index in [0.29, 0.717) is 19.0 Å². The molecule has 0 spiro atoms. The minimum absolute atomic E-state index is 0.303. The first-order valence-electron chi connectivity index (χ1n) is 10.1. The first kappa shape index (κ1) is 21.9. The van der Waals surface area contributed by atoms with Crippen molar-refractivity contribution in [3.8, 4) is 0 Å². The second kappa shape index (κ2) is 16.3. The third-order valence-corrected chi connectivity index (χ3v) is 4.47. The zero-order chi connectivity index (χ0) is 18.0. The smallest absolute Gasteiger partial charge is 0.132 e. The largest absolute Gasteiger partial charge is 0.396 e. The number of ether oxygens (including phenoxy) is 1. The van der Waals surface area contributed by atoms with Crippen LogP contribution in [0.15, 0.2) is 30.3 Å². The SMILES string of the molecule is O=C(CCCCCCCCO)CCCCCCOCc1ccccc1. The van der Waals surface area contributed by atoms with Crippen LogP contribution in [-0.4, -0.2) is 24.1 Å². The van der Waals surface area contributed by atoms with E-state index in [2.05, 4.69) is 12.1 Å². The minimum Gasteiger partial charge on any atom is -0.396 e. The molecule has 142 valence electrons. The number of hydrogen-bond acceptors (Lipinski definition) is 3. The summed E-state index contributed by atoms with van der Waals surface area (Å²) in [7, 11) is 0. The molecule has 0 saturated heterocycles. The Balaban J connectivity index is 1.80. The standard InChI is InChI=1S/C22H36O3/c23-18-12-5-2-1-3-10-16-22(24)17-11-4-6-13-19-25-20-21-14-8-7-9-15-21/h7-9,14-15,23H,1-6,10-13,16-20H2. The maximum atomic E-state index is 11.8. The molecule has 0 unspecified atom stereocenters. The molecule has 0 aliphatic heterocycles. The van der Waals surface area contributed by atoms with Crippen LogP contribution in [0.5, 0.6) is 0 Å². The zero-order valence-corrected chi connectivity index (χ0v) is 15.8. The van der Waals surface area contributed by atoms with Crippen molar-refractivity contribution in [2.45, 2.75) is 83.7 Å². The van der Waals surface area contributed by atoms with Crippen molar-refractivity contribution in [1.29, 1.82) is 0 Å². The number of ketones is 1. The van der Waals surface area contributed by atoms with Crippen molar-refractivity contribution in [2.75, 3.05) is 13.2 Å². The number of carbonyl (C=O) groups is 1. The molecule has 1 rings (SSSR count). The summed E-state index contributed by atoms with van der Waals surface area (Å²) in [5.41, 5.74) is 1.22. The lowest BCUT2D eigenvalue weighted by atomic mass is 10.0. The van der Waals surface area contributed by atoms with Gasteiger partial charge in [-0.25, -0.2) is 0 Å². The van der Waals surface area contributed by atoms with Crippen LogP contribution < -0.4 is 0 Å². The van der Waals surface area contributed by atoms with Gasteiger partial charge in [0.1, 0.15) is 5.78 Å². The Labute approximate surface area is 153 Å². The van der Waals surface area contributed by atoms with Crippen molar-refractivity contribution in [3.05, 3.63) is 35.9 Å². The van der Waals surface area contributed by atoms with Gasteiger partial charge in [0, 0.05) is 26.1 Å². The molecule has 1 aromatic rings. The van der Waals surface area contributed by atoms with Gasteiger partial charge >= 0.3 is 0 Å². The molecule has 25 heavy (non-hydrogen) atoms. The number of aliphatic hydroxyl groups is 1. The van der Waals surface area contributed by atoms with Crippen molar-refractivity contribution >= 4 is 5.78 Å². The Kier molecular flexibility index (Phi) is 14.2. The van der Waals surface area contributed by atoms with Crippen LogP contribution in [0.2, 0.25) is 0 Å². The number of Topliss-reactive ketones (excluding diaryl/α,β-unsaturated/α-hetero) is 1. The molecule has 1 aromatic carbocycles. The molecule has 0 fully saturated rings. The van der Waals surface area contributed by atoms with Crippen LogP contribution in [0.1, 0.15) is 82.6 Å². The van der Waals surface area contributed by atoms with Gasteiger partial charge in [-0.15, -0.1) is 0 Å². The predicted molar refractivity (Wildman–Crippen MR) is 104 cm³/mol. The number of carbonyl (C=O) groups excluding carboxylic acids is 1. The first-order chi connectivity index (χ1) is 12.3. The summed E-state index contributed by atoms with van der Waals surface area (Å²) in [4.78, 5) is 11.8. The second-order valence-corrected chi connectivity index (χ2v) is 6.84. The van der Waals surface area contributed by atoms with Crippen LogP contribution in [0.3, 0.4) is 0 Å². The van der Waals surface area contributed by atoms with E-state index in [1.807, 2.05) is 18.2 Å². The van der Waals surface area contributed by atoms with E-state index >= 15 is 0 Å². The van der Waals surface area contributed by atoms with Gasteiger partial charge in [0.2, 0.25) is 0 Å². The molecule has 1 N–H and O–H groups in total. The fourth-order valence-corrected chi connectivity index (χ4v) is 2.91. The number of aliphatic hydroxyl groups excluding tert-OH is 1. The summed E-state index contributed by atoms with van der Waals surface area (Å²) >= 11 is 0. The summed E-state index contributed by atoms with van der Waals surface area (Å²) in [6.45, 7) is 1.80. The fourth-order valence-electron chi connectivity index (χ4n) is 2.91. The third-order valence-electron chi connectivity index (χ3n) is 4.47. The zero-order valence-electron chi connectivity index (χ0n) is 15.8. The van der Waals surface area contributed by atoms with Gasteiger partial charge in [0.25, 0.3) is 0 Å². The van der Waals surface area contributed by atoms with Crippen molar-refractivity contribution in [2.24, 2.45) is 0 Å². The number of benzene rings is 1. The molecule has 0 amide bonds. The molecule has 0 radical (unpaired) electrons. The van der Waals surface area contributed by atoms with Gasteiger partial charge in [0.05, 0.1) is 6.61 Å². The number of unbranched alkanes of at least 4 members (excludes halogenated alkanes) is 8. The highest BCUT2D eigenvalue weighted by Crippen LogP contribution is 2.10. The molecule has 0 bridgehead atoms. The Morgan fingerprint density at radius 2 is 1.32 bits per heavy atom. The van der Waals surface area contributed by atoms with E-state index in [-0.39, 0.29) is 0 Å². The predicted octanol–water partition coefficient (Wildman–Crippen LogP) is 5.45. The quantitative estimate of drug-likeness (QED) is 0.381. The van der Waals surface area contributed by atoms with Gasteiger partial charge in [-0.05, 0) is 31.2 Å². The van der Waals surface area contributed by atoms with Crippen molar-refractivity contribution in [3.63, 3.8) is 0 Å². The van der Waals surface area contributed by atoms with Crippen LogP contribution in [0.25, 0.3) is 0 Å². The lowest BCUT2D eigenvalue weighted by molar-refractivity contribution is -0.119. The molecule has 0 atom stereocenters. The van der Waals surface area contributed by atoms with Gasteiger partial charge in [-0.2, -0.15) is 0 Å². The average Bonchev–Trinajstić information content (AvgIpc) is 2.64. The van der Waals surface area contributed by atoms with Gasteiger partial charge in [-0.1, -0.05) is 68.9 Å². The van der Waals surface area contributed by atoms with Crippen molar-refractivity contribution in [1.82, 2.24) is 0 Å². The maximum absolute atomic E-state index is 11.8. The molecule has 0 aromatic heterocycles. The number of hydrogen-bond donors (Lipinski definition) is 1. The maximum Gasteiger partial charge on any atom is 0.132 e. The Morgan fingerprint density at radius 1 is 0.760 bits per heavy atom. The summed E-state index contributed by atoms with van der Waals surface area (Å²) in [6.07, 6.45) is 12.4. The van der Waals surface area contributed by atoms with E-state index in [0.717, 1.165) is 70.8 Å². The summed E-state index contributed by atoms with van der Waals surface area (Å²) < 4.78 is 5.67. The summed E-state index contributed by atoms with van der Waals surface area (Å²) in [5.74, 6) is 0.427. The fraction of sp³-hybridized carbons (Fsp3) is 0.682. The third kappa shape index (κ3) is 13.7. The van der Waals surface area contributed by atoms with Crippen LogP contribution in [-0.2, 0) is 16.1 Å². The second-order valence-electron chi connectivity index (χ2n) is 6.84. The summed E-state index contributed by atoms with van der Waals surface area (Å²) in [6, 6.07) is 10.3. The molecular formula is C22H36O3. The molecule has 0 heterocycles. The average molecular weight is 349 g/mol. The molecule has 0 saturated carbocycles. The van der Waals surface area contributed by atoms with Crippen LogP contribution >= 0.6 is 0 Å². The monoisotopic (exact) mass is 348 g/mol. The summed E-state index contributed by atoms with van der Waals surface area (Å²) in [5, 5.41) is 8.70. The first-order valence-corrected chi connectivity index (χ1v) is 10.1. The van der Waals surface area contributed by atoms with Crippen molar-refractivity contribution < 1.29 is 14.6 Å². The Bertz CT molecular complexity index is 417. The van der Waals surface area contributed by atoms with E-state index in [4.69, 9.17) is 9.84 Å². The molecule has 0 aliphatic carbocycles. The lowest BCUT2D eigenvalue weighted by Crippen LogP contribution is -1.98. The Morgan fingerprint density at radius 3 is 1.96 bits per heavy atom. The normalized spacial score (nSPS) is 10.9. The van der Waals surface area contributed by atoms with Crippen LogP contribution in [0, 0.1) is 0 Å². The molecule has 3 nitrogen and oxygen atoms in total.